The monoisotopic (exact) mass is 395 g/mol. The first-order valence-electron chi connectivity index (χ1n) is 9.63. The molecule has 2 aromatic heterocycles. The third-order valence-electron chi connectivity index (χ3n) is 5.76. The molecule has 1 spiro atoms. The van der Waals surface area contributed by atoms with E-state index in [4.69, 9.17) is 16.1 Å². The molecule has 28 heavy (non-hydrogen) atoms. The second kappa shape index (κ2) is 6.78. The van der Waals surface area contributed by atoms with Gasteiger partial charge in [-0.3, -0.25) is 4.98 Å². The predicted octanol–water partition coefficient (Wildman–Crippen LogP) is 4.20. The molecule has 2 aliphatic rings. The summed E-state index contributed by atoms with van der Waals surface area (Å²) in [4.78, 5) is 13.6. The van der Waals surface area contributed by atoms with Gasteiger partial charge in [-0.25, -0.2) is 0 Å². The van der Waals surface area contributed by atoms with E-state index in [0.29, 0.717) is 16.9 Å². The fraction of sp³-hybridized carbons (Fsp3) is 0.381. The number of hydrogen-bond donors (Lipinski definition) is 0. The Morgan fingerprint density at radius 2 is 1.93 bits per heavy atom. The van der Waals surface area contributed by atoms with Gasteiger partial charge in [0.15, 0.2) is 0 Å². The number of halogens is 1. The van der Waals surface area contributed by atoms with Gasteiger partial charge in [0.05, 0.1) is 5.02 Å². The number of aryl methyl sites for hydroxylation is 1. The molecule has 2 aliphatic heterocycles. The lowest BCUT2D eigenvalue weighted by molar-refractivity contribution is 0.169. The largest absolute Gasteiger partial charge is 0.370 e. The molecule has 0 amide bonds. The third kappa shape index (κ3) is 3.11. The highest BCUT2D eigenvalue weighted by molar-refractivity contribution is 6.33. The summed E-state index contributed by atoms with van der Waals surface area (Å²) >= 11 is 6.27. The van der Waals surface area contributed by atoms with Crippen LogP contribution in [0.1, 0.15) is 18.5 Å². The van der Waals surface area contributed by atoms with Crippen molar-refractivity contribution in [2.24, 2.45) is 5.41 Å². The lowest BCUT2D eigenvalue weighted by atomic mass is 9.73. The molecule has 0 atom stereocenters. The normalized spacial score (nSPS) is 18.4. The summed E-state index contributed by atoms with van der Waals surface area (Å²) in [5.41, 5.74) is 3.40. The van der Waals surface area contributed by atoms with Gasteiger partial charge in [0.1, 0.15) is 0 Å². The number of rotatable bonds is 3. The Hall–Kier alpha value is -2.60. The quantitative estimate of drug-likeness (QED) is 0.662. The van der Waals surface area contributed by atoms with Crippen molar-refractivity contribution < 1.29 is 4.52 Å². The average molecular weight is 396 g/mol. The number of nitrogens with zero attached hydrogens (tertiary/aromatic N) is 5. The Kier molecular flexibility index (Phi) is 4.23. The SMILES string of the molecule is Cc1cc(N2CC3(CCCN(c4nc(-c5ccccc5Cl)no4)C3)C2)ccn1. The number of anilines is 2. The Morgan fingerprint density at radius 3 is 2.75 bits per heavy atom. The van der Waals surface area contributed by atoms with E-state index >= 15 is 0 Å². The number of benzene rings is 1. The highest BCUT2D eigenvalue weighted by Crippen LogP contribution is 2.42. The highest BCUT2D eigenvalue weighted by Gasteiger charge is 2.46. The van der Waals surface area contributed by atoms with E-state index in [1.165, 1.54) is 12.1 Å². The maximum absolute atomic E-state index is 6.27. The first-order chi connectivity index (χ1) is 13.6. The summed E-state index contributed by atoms with van der Waals surface area (Å²) in [6, 6.07) is 12.4. The molecule has 0 radical (unpaired) electrons. The van der Waals surface area contributed by atoms with Gasteiger partial charge in [-0.2, -0.15) is 4.98 Å². The summed E-state index contributed by atoms with van der Waals surface area (Å²) in [5.74, 6) is 0.544. The molecule has 4 heterocycles. The van der Waals surface area contributed by atoms with Crippen molar-refractivity contribution in [3.63, 3.8) is 0 Å². The topological polar surface area (TPSA) is 58.3 Å². The molecule has 0 saturated carbocycles. The van der Waals surface area contributed by atoms with Crippen molar-refractivity contribution in [2.45, 2.75) is 19.8 Å². The second-order valence-electron chi connectivity index (χ2n) is 7.92. The smallest absolute Gasteiger partial charge is 0.324 e. The summed E-state index contributed by atoms with van der Waals surface area (Å²) in [7, 11) is 0. The van der Waals surface area contributed by atoms with Gasteiger partial charge in [-0.05, 0) is 44.0 Å². The Morgan fingerprint density at radius 1 is 1.11 bits per heavy atom. The van der Waals surface area contributed by atoms with Crippen molar-refractivity contribution in [1.82, 2.24) is 15.1 Å². The van der Waals surface area contributed by atoms with Gasteiger partial charge >= 0.3 is 6.01 Å². The predicted molar refractivity (Wildman–Crippen MR) is 110 cm³/mol. The number of piperidine rings is 1. The van der Waals surface area contributed by atoms with E-state index in [2.05, 4.69) is 37.1 Å². The zero-order valence-corrected chi connectivity index (χ0v) is 16.6. The standard InChI is InChI=1S/C21H22ClN5O/c1-15-11-16(7-9-23-15)27-13-21(14-27)8-4-10-26(12-21)20-24-19(25-28-20)17-5-2-3-6-18(17)22/h2-3,5-7,9,11H,4,8,10,12-14H2,1H3. The third-order valence-corrected chi connectivity index (χ3v) is 6.09. The zero-order valence-electron chi connectivity index (χ0n) is 15.8. The van der Waals surface area contributed by atoms with Gasteiger partial charge in [-0.1, -0.05) is 28.9 Å². The molecular formula is C21H22ClN5O. The fourth-order valence-electron chi connectivity index (χ4n) is 4.40. The summed E-state index contributed by atoms with van der Waals surface area (Å²) in [6.45, 7) is 6.03. The molecule has 144 valence electrons. The van der Waals surface area contributed by atoms with Gasteiger partial charge < -0.3 is 14.3 Å². The van der Waals surface area contributed by atoms with Crippen LogP contribution in [-0.4, -0.2) is 41.3 Å². The molecule has 0 aliphatic carbocycles. The molecule has 6 nitrogen and oxygen atoms in total. The van der Waals surface area contributed by atoms with Gasteiger partial charge in [0.2, 0.25) is 5.82 Å². The van der Waals surface area contributed by atoms with E-state index in [0.717, 1.165) is 43.9 Å². The highest BCUT2D eigenvalue weighted by atomic mass is 35.5. The van der Waals surface area contributed by atoms with E-state index in [-0.39, 0.29) is 5.41 Å². The molecule has 0 N–H and O–H groups in total. The molecule has 2 fully saturated rings. The van der Waals surface area contributed by atoms with Crippen molar-refractivity contribution >= 4 is 23.3 Å². The van der Waals surface area contributed by atoms with Crippen LogP contribution < -0.4 is 9.80 Å². The maximum Gasteiger partial charge on any atom is 0.324 e. The number of pyridine rings is 1. The van der Waals surface area contributed by atoms with E-state index in [1.807, 2.05) is 37.4 Å². The van der Waals surface area contributed by atoms with E-state index in [9.17, 15) is 0 Å². The van der Waals surface area contributed by atoms with Crippen LogP contribution >= 0.6 is 11.6 Å². The van der Waals surface area contributed by atoms with Crippen molar-refractivity contribution in [2.75, 3.05) is 36.0 Å². The van der Waals surface area contributed by atoms with Crippen LogP contribution in [0.5, 0.6) is 0 Å². The first kappa shape index (κ1) is 17.5. The second-order valence-corrected chi connectivity index (χ2v) is 8.32. The minimum atomic E-state index is 0.286. The van der Waals surface area contributed by atoms with Gasteiger partial charge in [0.25, 0.3) is 0 Å². The number of aromatic nitrogens is 3. The lowest BCUT2D eigenvalue weighted by Gasteiger charge is -2.55. The molecule has 5 rings (SSSR count). The Balaban J connectivity index is 1.30. The first-order valence-corrected chi connectivity index (χ1v) is 10.0. The molecule has 7 heteroatoms. The molecule has 2 saturated heterocycles. The molecular weight excluding hydrogens is 374 g/mol. The van der Waals surface area contributed by atoms with Crippen molar-refractivity contribution in [1.29, 1.82) is 0 Å². The molecule has 1 aromatic carbocycles. The van der Waals surface area contributed by atoms with E-state index < -0.39 is 0 Å². The van der Waals surface area contributed by atoms with Crippen LogP contribution in [0.4, 0.5) is 11.7 Å². The number of hydrogen-bond acceptors (Lipinski definition) is 6. The molecule has 0 bridgehead atoms. The van der Waals surface area contributed by atoms with Gasteiger partial charge in [0, 0.05) is 54.7 Å². The van der Waals surface area contributed by atoms with Crippen LogP contribution in [-0.2, 0) is 0 Å². The summed E-state index contributed by atoms with van der Waals surface area (Å²) < 4.78 is 5.59. The average Bonchev–Trinajstić information content (AvgIpc) is 3.16. The lowest BCUT2D eigenvalue weighted by Crippen LogP contribution is -2.63. The molecule has 0 unspecified atom stereocenters. The summed E-state index contributed by atoms with van der Waals surface area (Å²) in [6.07, 6.45) is 4.25. The van der Waals surface area contributed by atoms with E-state index in [1.54, 1.807) is 0 Å². The Bertz CT molecular complexity index is 998. The van der Waals surface area contributed by atoms with Crippen molar-refractivity contribution in [3.8, 4) is 11.4 Å². The van der Waals surface area contributed by atoms with Crippen LogP contribution in [0.3, 0.4) is 0 Å². The Labute approximate surface area is 169 Å². The zero-order chi connectivity index (χ0) is 19.1. The fourth-order valence-corrected chi connectivity index (χ4v) is 4.62. The maximum atomic E-state index is 6.27. The molecule has 3 aromatic rings. The van der Waals surface area contributed by atoms with Crippen LogP contribution in [0, 0.1) is 12.3 Å². The van der Waals surface area contributed by atoms with Crippen LogP contribution in [0.2, 0.25) is 5.02 Å². The summed E-state index contributed by atoms with van der Waals surface area (Å²) in [5, 5.41) is 4.79. The minimum Gasteiger partial charge on any atom is -0.370 e. The van der Waals surface area contributed by atoms with Crippen LogP contribution in [0.25, 0.3) is 11.4 Å². The van der Waals surface area contributed by atoms with Gasteiger partial charge in [-0.15, -0.1) is 0 Å². The minimum absolute atomic E-state index is 0.286. The van der Waals surface area contributed by atoms with Crippen molar-refractivity contribution in [3.05, 3.63) is 53.3 Å². The van der Waals surface area contributed by atoms with Crippen LogP contribution in [0.15, 0.2) is 47.1 Å².